The van der Waals surface area contributed by atoms with Gasteiger partial charge in [-0.05, 0) is 95.6 Å². The largest absolute Gasteiger partial charge is 0.309 e. The van der Waals surface area contributed by atoms with E-state index in [9.17, 15) is 15.8 Å². The van der Waals surface area contributed by atoms with Gasteiger partial charge in [-0.2, -0.15) is 15.8 Å². The summed E-state index contributed by atoms with van der Waals surface area (Å²) in [6, 6.07) is 57.9. The molecule has 0 unspecified atom stereocenters. The predicted molar refractivity (Wildman–Crippen MR) is 200 cm³/mol. The van der Waals surface area contributed by atoms with Crippen LogP contribution in [0.2, 0.25) is 0 Å². The number of nitrogens with zero attached hydrogens (tertiary/aromatic N) is 5. The molecule has 9 aromatic rings. The van der Waals surface area contributed by atoms with E-state index < -0.39 is 0 Å². The van der Waals surface area contributed by atoms with Crippen LogP contribution in [0.5, 0.6) is 0 Å². The molecule has 0 N–H and O–H groups in total. The third-order valence-corrected chi connectivity index (χ3v) is 9.62. The maximum atomic E-state index is 10.2. The zero-order valence-electron chi connectivity index (χ0n) is 26.7. The van der Waals surface area contributed by atoms with Gasteiger partial charge in [-0.1, -0.05) is 72.8 Å². The molecule has 230 valence electrons. The summed E-state index contributed by atoms with van der Waals surface area (Å²) in [5.74, 6) is 0. The number of hydrogen-bond acceptors (Lipinski definition) is 3. The molecule has 0 spiro atoms. The Bertz CT molecular complexity index is 2970. The first kappa shape index (κ1) is 28.8. The third kappa shape index (κ3) is 4.38. The van der Waals surface area contributed by atoms with Gasteiger partial charge in [0.15, 0.2) is 0 Å². The van der Waals surface area contributed by atoms with Crippen molar-refractivity contribution in [3.8, 4) is 51.8 Å². The number of aromatic nitrogens is 2. The van der Waals surface area contributed by atoms with Crippen molar-refractivity contribution in [2.75, 3.05) is 0 Å². The Kier molecular flexibility index (Phi) is 6.56. The van der Waals surface area contributed by atoms with Crippen molar-refractivity contribution in [3.63, 3.8) is 0 Å². The number of para-hydroxylation sites is 2. The second kappa shape index (κ2) is 11.4. The molecule has 0 bridgehead atoms. The number of rotatable bonds is 4. The number of benzene rings is 7. The van der Waals surface area contributed by atoms with E-state index in [0.717, 1.165) is 77.2 Å². The molecular formula is C45H25N5. The van der Waals surface area contributed by atoms with Gasteiger partial charge in [-0.15, -0.1) is 0 Å². The van der Waals surface area contributed by atoms with Gasteiger partial charge in [-0.3, -0.25) is 0 Å². The van der Waals surface area contributed by atoms with Gasteiger partial charge in [0.2, 0.25) is 0 Å². The Balaban J connectivity index is 1.29. The van der Waals surface area contributed by atoms with E-state index in [1.807, 2.05) is 84.9 Å². The topological polar surface area (TPSA) is 81.2 Å². The Labute approximate surface area is 287 Å². The fourth-order valence-corrected chi connectivity index (χ4v) is 7.42. The lowest BCUT2D eigenvalue weighted by molar-refractivity contribution is 1.18. The minimum absolute atomic E-state index is 0.596. The molecule has 5 nitrogen and oxygen atoms in total. The van der Waals surface area contributed by atoms with E-state index in [4.69, 9.17) is 0 Å². The summed E-state index contributed by atoms with van der Waals surface area (Å²) in [6.07, 6.45) is 0. The van der Waals surface area contributed by atoms with E-state index >= 15 is 0 Å². The molecule has 5 heteroatoms. The van der Waals surface area contributed by atoms with Crippen molar-refractivity contribution in [3.05, 3.63) is 168 Å². The fraction of sp³-hybridized carbons (Fsp3) is 0. The van der Waals surface area contributed by atoms with Crippen molar-refractivity contribution < 1.29 is 0 Å². The van der Waals surface area contributed by atoms with Crippen LogP contribution in [-0.2, 0) is 0 Å². The molecule has 0 radical (unpaired) electrons. The van der Waals surface area contributed by atoms with E-state index in [1.165, 1.54) is 0 Å². The first-order valence-electron chi connectivity index (χ1n) is 16.3. The summed E-state index contributed by atoms with van der Waals surface area (Å²) >= 11 is 0. The molecule has 0 fully saturated rings. The van der Waals surface area contributed by atoms with Crippen LogP contribution in [0.3, 0.4) is 0 Å². The zero-order valence-corrected chi connectivity index (χ0v) is 26.7. The van der Waals surface area contributed by atoms with Gasteiger partial charge in [0.1, 0.15) is 0 Å². The van der Waals surface area contributed by atoms with Gasteiger partial charge in [0, 0.05) is 38.5 Å². The molecule has 0 amide bonds. The van der Waals surface area contributed by atoms with Crippen molar-refractivity contribution in [2.24, 2.45) is 0 Å². The third-order valence-electron chi connectivity index (χ3n) is 9.62. The number of fused-ring (bicyclic) bond motifs is 6. The molecular weight excluding hydrogens is 611 g/mol. The van der Waals surface area contributed by atoms with Crippen LogP contribution < -0.4 is 0 Å². The van der Waals surface area contributed by atoms with Gasteiger partial charge >= 0.3 is 0 Å². The summed E-state index contributed by atoms with van der Waals surface area (Å²) in [6.45, 7) is 0. The van der Waals surface area contributed by atoms with Crippen molar-refractivity contribution in [1.29, 1.82) is 15.8 Å². The average molecular weight is 636 g/mol. The molecule has 9 rings (SSSR count). The molecule has 0 aliphatic carbocycles. The van der Waals surface area contributed by atoms with Crippen LogP contribution in [0.25, 0.3) is 77.2 Å². The molecule has 2 heterocycles. The van der Waals surface area contributed by atoms with Gasteiger partial charge in [0.05, 0.1) is 57.0 Å². The smallest absolute Gasteiger partial charge is 0.0998 e. The molecule has 2 aromatic heterocycles. The molecule has 0 aliphatic rings. The Hall–Kier alpha value is -7.39. The molecule has 0 saturated heterocycles. The summed E-state index contributed by atoms with van der Waals surface area (Å²) in [4.78, 5) is 0. The minimum Gasteiger partial charge on any atom is -0.309 e. The Morgan fingerprint density at radius 1 is 0.360 bits per heavy atom. The van der Waals surface area contributed by atoms with Crippen molar-refractivity contribution in [2.45, 2.75) is 0 Å². The Morgan fingerprint density at radius 3 is 1.54 bits per heavy atom. The SMILES string of the molecule is N#Cc1ccc2c(c1)c1ccccc1n2-c1cccc(-c2ccc(-n3c4ccccc4c4cc(C#N)ccc43)cc2-c2ccccc2C#N)c1. The molecule has 0 aliphatic heterocycles. The second-order valence-corrected chi connectivity index (χ2v) is 12.3. The second-order valence-electron chi connectivity index (χ2n) is 12.3. The number of hydrogen-bond donors (Lipinski definition) is 0. The lowest BCUT2D eigenvalue weighted by Gasteiger charge is -2.17. The van der Waals surface area contributed by atoms with Gasteiger partial charge < -0.3 is 9.13 Å². The van der Waals surface area contributed by atoms with Crippen LogP contribution in [-0.4, -0.2) is 9.13 Å². The van der Waals surface area contributed by atoms with E-state index in [2.05, 4.69) is 94.1 Å². The monoisotopic (exact) mass is 635 g/mol. The minimum atomic E-state index is 0.596. The van der Waals surface area contributed by atoms with Crippen molar-refractivity contribution in [1.82, 2.24) is 9.13 Å². The van der Waals surface area contributed by atoms with Crippen LogP contribution >= 0.6 is 0 Å². The van der Waals surface area contributed by atoms with E-state index in [0.29, 0.717) is 16.7 Å². The molecule has 0 saturated carbocycles. The maximum absolute atomic E-state index is 10.2. The first-order valence-corrected chi connectivity index (χ1v) is 16.3. The molecule has 0 atom stereocenters. The Morgan fingerprint density at radius 2 is 0.920 bits per heavy atom. The maximum Gasteiger partial charge on any atom is 0.0998 e. The van der Waals surface area contributed by atoms with Crippen LogP contribution in [0, 0.1) is 34.0 Å². The van der Waals surface area contributed by atoms with Crippen LogP contribution in [0.15, 0.2) is 152 Å². The highest BCUT2D eigenvalue weighted by atomic mass is 15.0. The summed E-state index contributed by atoms with van der Waals surface area (Å²) in [5.41, 5.74) is 11.7. The highest BCUT2D eigenvalue weighted by Crippen LogP contribution is 2.40. The van der Waals surface area contributed by atoms with E-state index in [-0.39, 0.29) is 0 Å². The van der Waals surface area contributed by atoms with Gasteiger partial charge in [-0.25, -0.2) is 0 Å². The highest BCUT2D eigenvalue weighted by molar-refractivity contribution is 6.11. The predicted octanol–water partition coefficient (Wildman–Crippen LogP) is 10.8. The summed E-state index contributed by atoms with van der Waals surface area (Å²) in [7, 11) is 0. The normalized spacial score (nSPS) is 11.1. The lowest BCUT2D eigenvalue weighted by Crippen LogP contribution is -1.98. The zero-order chi connectivity index (χ0) is 33.8. The van der Waals surface area contributed by atoms with Gasteiger partial charge in [0.25, 0.3) is 0 Å². The fourth-order valence-electron chi connectivity index (χ4n) is 7.42. The standard InChI is InChI=1S/C45H25N5/c46-26-29-16-20-44-40(22-29)37-12-3-5-14-42(37)49(44)33-10-7-9-31(24-33)36-19-18-34(25-39(36)35-11-2-1-8-32(35)28-48)50-43-15-6-4-13-38(43)41-23-30(27-47)17-21-45(41)50/h1-25H. The quantitative estimate of drug-likeness (QED) is 0.193. The lowest BCUT2D eigenvalue weighted by atomic mass is 9.91. The van der Waals surface area contributed by atoms with E-state index in [1.54, 1.807) is 0 Å². The van der Waals surface area contributed by atoms with Crippen LogP contribution in [0.1, 0.15) is 16.7 Å². The molecule has 7 aromatic carbocycles. The molecule has 50 heavy (non-hydrogen) atoms. The van der Waals surface area contributed by atoms with Crippen molar-refractivity contribution >= 4 is 43.6 Å². The highest BCUT2D eigenvalue weighted by Gasteiger charge is 2.18. The summed E-state index contributed by atoms with van der Waals surface area (Å²) < 4.78 is 4.48. The van der Waals surface area contributed by atoms with Crippen LogP contribution in [0.4, 0.5) is 0 Å². The summed E-state index contributed by atoms with van der Waals surface area (Å²) in [5, 5.41) is 33.7. The average Bonchev–Trinajstić information content (AvgIpc) is 3.69. The number of nitriles is 3. The first-order chi connectivity index (χ1) is 24.7.